The van der Waals surface area contributed by atoms with E-state index in [9.17, 15) is 19.5 Å². The zero-order valence-electron chi connectivity index (χ0n) is 17.1. The fourth-order valence-corrected chi connectivity index (χ4v) is 6.51. The molecule has 0 unspecified atom stereocenters. The smallest absolute Gasteiger partial charge is 0.349 e. The van der Waals surface area contributed by atoms with Crippen molar-refractivity contribution < 1.29 is 29.3 Å². The van der Waals surface area contributed by atoms with Crippen molar-refractivity contribution in [2.45, 2.75) is 39.0 Å². The molecule has 3 aliphatic rings. The van der Waals surface area contributed by atoms with Gasteiger partial charge in [0.1, 0.15) is 0 Å². The van der Waals surface area contributed by atoms with Crippen LogP contribution in [0.15, 0.2) is 18.2 Å². The van der Waals surface area contributed by atoms with Crippen LogP contribution in [0, 0.1) is 5.92 Å². The predicted molar refractivity (Wildman–Crippen MR) is 121 cm³/mol. The van der Waals surface area contributed by atoms with Crippen LogP contribution in [0.25, 0.3) is 20.5 Å². The molecule has 0 radical (unpaired) electrons. The van der Waals surface area contributed by atoms with E-state index in [4.69, 9.17) is 9.84 Å². The minimum atomic E-state index is -1.17. The Morgan fingerprint density at radius 2 is 1.87 bits per heavy atom. The Bertz CT molecular complexity index is 1110. The molecular formula is C22H23NO6S2. The summed E-state index contributed by atoms with van der Waals surface area (Å²) in [6, 6.07) is 5.73. The molecule has 0 bridgehead atoms. The second-order valence-electron chi connectivity index (χ2n) is 7.82. The Morgan fingerprint density at radius 1 is 1.13 bits per heavy atom. The van der Waals surface area contributed by atoms with E-state index in [2.05, 4.69) is 0 Å². The predicted octanol–water partition coefficient (Wildman–Crippen LogP) is 5.16. The average Bonchev–Trinajstić information content (AvgIpc) is 3.27. The lowest BCUT2D eigenvalue weighted by Gasteiger charge is -2.29. The molecule has 2 heterocycles. The lowest BCUT2D eigenvalue weighted by atomic mass is 9.89. The van der Waals surface area contributed by atoms with Gasteiger partial charge in [-0.15, -0.1) is 22.7 Å². The second kappa shape index (κ2) is 8.84. The molecule has 0 atom stereocenters. The van der Waals surface area contributed by atoms with Crippen molar-refractivity contribution in [2.24, 2.45) is 5.92 Å². The first-order chi connectivity index (χ1) is 14.8. The summed E-state index contributed by atoms with van der Waals surface area (Å²) in [5, 5.41) is 20.0. The number of hydrogen-bond donors (Lipinski definition) is 2. The standard InChI is InChI=1S/C22H23NO6S2/c1-12(24)23(10-13-5-3-2-4-6-13)16-8-7-14-9-15-18(20(14)31-16)19(29-11-17(25)26)21(30-15)22(27)28/h7-9,13H,2-6,10-11H2,1H3,(H,25,26)(H,27,28). The van der Waals surface area contributed by atoms with Crippen LogP contribution in [0.1, 0.15) is 48.7 Å². The third-order valence-electron chi connectivity index (χ3n) is 5.63. The molecule has 1 aliphatic heterocycles. The minimum Gasteiger partial charge on any atom is -0.479 e. The second-order valence-corrected chi connectivity index (χ2v) is 9.91. The maximum Gasteiger partial charge on any atom is 0.349 e. The van der Waals surface area contributed by atoms with Crippen LogP contribution in [-0.4, -0.2) is 41.2 Å². The molecule has 2 aliphatic carbocycles. The molecule has 1 amide bonds. The number of anilines is 1. The van der Waals surface area contributed by atoms with Gasteiger partial charge in [0.15, 0.2) is 17.2 Å². The van der Waals surface area contributed by atoms with Crippen molar-refractivity contribution in [1.29, 1.82) is 0 Å². The largest absolute Gasteiger partial charge is 0.479 e. The molecule has 1 aromatic heterocycles. The van der Waals surface area contributed by atoms with Gasteiger partial charge in [0, 0.05) is 23.0 Å². The summed E-state index contributed by atoms with van der Waals surface area (Å²) in [6.45, 7) is 1.62. The summed E-state index contributed by atoms with van der Waals surface area (Å²) in [6.07, 6.45) is 5.88. The first kappa shape index (κ1) is 21.6. The molecular weight excluding hydrogens is 438 g/mol. The number of thiophene rings is 1. The Hall–Kier alpha value is -2.65. The van der Waals surface area contributed by atoms with Gasteiger partial charge in [0.05, 0.1) is 10.4 Å². The maximum absolute atomic E-state index is 12.5. The van der Waals surface area contributed by atoms with Crippen molar-refractivity contribution in [1.82, 2.24) is 0 Å². The van der Waals surface area contributed by atoms with Crippen molar-refractivity contribution in [2.75, 3.05) is 18.1 Å². The van der Waals surface area contributed by atoms with Crippen LogP contribution in [0.5, 0.6) is 5.75 Å². The molecule has 4 rings (SSSR count). The number of aromatic carboxylic acids is 1. The molecule has 0 aromatic carbocycles. The number of amides is 1. The fraction of sp³-hybridized carbons (Fsp3) is 0.409. The maximum atomic E-state index is 12.5. The highest BCUT2D eigenvalue weighted by atomic mass is 32.1. The minimum absolute atomic E-state index is 0.0172. The number of carboxylic acid groups (broad SMARTS) is 2. The molecule has 0 saturated heterocycles. The van der Waals surface area contributed by atoms with Gasteiger partial charge in [-0.2, -0.15) is 0 Å². The van der Waals surface area contributed by atoms with E-state index in [1.807, 2.05) is 18.2 Å². The van der Waals surface area contributed by atoms with Gasteiger partial charge in [-0.25, -0.2) is 9.59 Å². The molecule has 2 N–H and O–H groups in total. The van der Waals surface area contributed by atoms with E-state index in [1.54, 1.807) is 11.8 Å². The van der Waals surface area contributed by atoms with Gasteiger partial charge in [-0.05, 0) is 36.5 Å². The molecule has 164 valence electrons. The Labute approximate surface area is 187 Å². The normalized spacial score (nSPS) is 14.7. The molecule has 7 nitrogen and oxygen atoms in total. The fourth-order valence-electron chi connectivity index (χ4n) is 4.19. The molecule has 31 heavy (non-hydrogen) atoms. The van der Waals surface area contributed by atoms with Crippen LogP contribution in [0.2, 0.25) is 0 Å². The Morgan fingerprint density at radius 3 is 2.52 bits per heavy atom. The third kappa shape index (κ3) is 4.38. The van der Waals surface area contributed by atoms with Crippen LogP contribution < -0.4 is 9.64 Å². The number of carbonyl (C=O) groups is 3. The van der Waals surface area contributed by atoms with E-state index in [1.165, 1.54) is 30.6 Å². The van der Waals surface area contributed by atoms with Gasteiger partial charge in [-0.3, -0.25) is 4.79 Å². The number of hydrogen-bond acceptors (Lipinski definition) is 6. The third-order valence-corrected chi connectivity index (χ3v) is 7.94. The number of carbonyl (C=O) groups excluding carboxylic acids is 1. The number of rotatable bonds is 7. The van der Waals surface area contributed by atoms with Crippen LogP contribution in [-0.2, 0) is 9.59 Å². The zero-order valence-corrected chi connectivity index (χ0v) is 18.7. The van der Waals surface area contributed by atoms with Crippen LogP contribution in [0.3, 0.4) is 0 Å². The van der Waals surface area contributed by atoms with Crippen LogP contribution in [0.4, 0.5) is 5.00 Å². The van der Waals surface area contributed by atoms with Gasteiger partial charge >= 0.3 is 11.9 Å². The highest BCUT2D eigenvalue weighted by Crippen LogP contribution is 2.50. The zero-order chi connectivity index (χ0) is 22.1. The van der Waals surface area contributed by atoms with Gasteiger partial charge in [0.25, 0.3) is 0 Å². The summed E-state index contributed by atoms with van der Waals surface area (Å²) in [4.78, 5) is 37.7. The van der Waals surface area contributed by atoms with E-state index in [0.29, 0.717) is 17.8 Å². The van der Waals surface area contributed by atoms with Gasteiger partial charge in [0.2, 0.25) is 5.91 Å². The molecule has 1 saturated carbocycles. The van der Waals surface area contributed by atoms with Gasteiger partial charge in [-0.1, -0.05) is 25.3 Å². The first-order valence-electron chi connectivity index (χ1n) is 10.2. The number of nitrogens with zero attached hydrogens (tertiary/aromatic N) is 1. The SMILES string of the molecule is CC(=O)N(CC1CCCCC1)c1ccc2cc3sc(C(=O)O)c(OCC(=O)O)c3c-2s1. The quantitative estimate of drug-likeness (QED) is 0.503. The number of carboxylic acids is 2. The number of aliphatic carboxylic acids is 1. The Balaban J connectivity index is 1.78. The number of ether oxygens (including phenoxy) is 1. The highest BCUT2D eigenvalue weighted by molar-refractivity contribution is 7.24. The summed E-state index contributed by atoms with van der Waals surface area (Å²) in [5.74, 6) is -1.79. The molecule has 9 heteroatoms. The topological polar surface area (TPSA) is 104 Å². The van der Waals surface area contributed by atoms with Crippen molar-refractivity contribution in [3.63, 3.8) is 0 Å². The summed E-state index contributed by atoms with van der Waals surface area (Å²) < 4.78 is 6.13. The Kier molecular flexibility index (Phi) is 6.15. The molecule has 1 aromatic rings. The molecule has 1 fully saturated rings. The highest BCUT2D eigenvalue weighted by Gasteiger charge is 2.27. The lowest BCUT2D eigenvalue weighted by Crippen LogP contribution is -2.34. The van der Waals surface area contributed by atoms with Gasteiger partial charge < -0.3 is 19.8 Å². The average molecular weight is 462 g/mol. The summed E-state index contributed by atoms with van der Waals surface area (Å²) in [5.41, 5.74) is 0.910. The molecule has 0 spiro atoms. The van der Waals surface area contributed by atoms with Crippen LogP contribution >= 0.6 is 22.7 Å². The van der Waals surface area contributed by atoms with Crippen molar-refractivity contribution >= 4 is 55.6 Å². The van der Waals surface area contributed by atoms with Crippen molar-refractivity contribution in [3.8, 4) is 16.2 Å². The lowest BCUT2D eigenvalue weighted by molar-refractivity contribution is -0.139. The van der Waals surface area contributed by atoms with Crippen molar-refractivity contribution in [3.05, 3.63) is 23.1 Å². The monoisotopic (exact) mass is 461 g/mol. The van der Waals surface area contributed by atoms with E-state index in [-0.39, 0.29) is 16.5 Å². The first-order valence-corrected chi connectivity index (χ1v) is 11.8. The van der Waals surface area contributed by atoms with E-state index < -0.39 is 18.5 Å². The van der Waals surface area contributed by atoms with E-state index >= 15 is 0 Å². The number of fused-ring (bicyclic) bond motifs is 3. The summed E-state index contributed by atoms with van der Waals surface area (Å²) in [7, 11) is 0. The van der Waals surface area contributed by atoms with E-state index in [0.717, 1.165) is 44.3 Å². The summed E-state index contributed by atoms with van der Waals surface area (Å²) >= 11 is 2.48.